The molecule has 2 aromatic carbocycles. The fraction of sp³-hybridized carbons (Fsp3) is 0.368. The van der Waals surface area contributed by atoms with Gasteiger partial charge in [0.15, 0.2) is 0 Å². The molecule has 0 aliphatic heterocycles. The number of unbranched alkanes of at least 4 members (excludes halogenated alkanes) is 3. The molecule has 0 heterocycles. The lowest BCUT2D eigenvalue weighted by molar-refractivity contribution is -0.121. The average Bonchev–Trinajstić information content (AvgIpc) is 2.56. The molecule has 0 unspecified atom stereocenters. The number of amides is 1. The monoisotopic (exact) mass is 296 g/mol. The number of benzene rings is 2. The van der Waals surface area contributed by atoms with Crippen molar-refractivity contribution in [3.63, 3.8) is 0 Å². The molecule has 0 radical (unpaired) electrons. The summed E-state index contributed by atoms with van der Waals surface area (Å²) >= 11 is 0. The summed E-state index contributed by atoms with van der Waals surface area (Å²) in [4.78, 5) is 11.7. The summed E-state index contributed by atoms with van der Waals surface area (Å²) in [5, 5.41) is 6.61. The van der Waals surface area contributed by atoms with Crippen LogP contribution in [0.1, 0.15) is 51.5 Å². The van der Waals surface area contributed by atoms with Crippen molar-refractivity contribution in [3.8, 4) is 0 Å². The van der Waals surface area contributed by atoms with Gasteiger partial charge in [-0.25, -0.2) is 5.43 Å². The summed E-state index contributed by atoms with van der Waals surface area (Å²) in [5.74, 6) is -0.00348. The number of nitrogens with zero attached hydrogens (tertiary/aromatic N) is 1. The zero-order valence-electron chi connectivity index (χ0n) is 13.4. The van der Waals surface area contributed by atoms with Crippen molar-refractivity contribution in [3.05, 3.63) is 48.0 Å². The highest BCUT2D eigenvalue weighted by Gasteiger charge is 2.02. The minimum Gasteiger partial charge on any atom is -0.273 e. The third kappa shape index (κ3) is 4.69. The number of fused-ring (bicyclic) bond motifs is 1. The summed E-state index contributed by atoms with van der Waals surface area (Å²) in [6.45, 7) is 4.08. The van der Waals surface area contributed by atoms with Gasteiger partial charge in [0.2, 0.25) is 5.91 Å². The van der Waals surface area contributed by atoms with Crippen LogP contribution in [0.3, 0.4) is 0 Å². The van der Waals surface area contributed by atoms with Gasteiger partial charge in [-0.15, -0.1) is 0 Å². The second kappa shape index (κ2) is 8.32. The van der Waals surface area contributed by atoms with Gasteiger partial charge >= 0.3 is 0 Å². The predicted octanol–water partition coefficient (Wildman–Crippen LogP) is 4.65. The predicted molar refractivity (Wildman–Crippen MR) is 93.1 cm³/mol. The molecule has 0 aliphatic rings. The summed E-state index contributed by atoms with van der Waals surface area (Å²) < 4.78 is 0. The van der Waals surface area contributed by atoms with Crippen LogP contribution in [0.4, 0.5) is 0 Å². The molecule has 0 saturated carbocycles. The number of hydrazone groups is 1. The number of nitrogens with one attached hydrogen (secondary N) is 1. The van der Waals surface area contributed by atoms with Crippen molar-refractivity contribution in [2.45, 2.75) is 46.0 Å². The van der Waals surface area contributed by atoms with Crippen molar-refractivity contribution in [2.75, 3.05) is 0 Å². The highest BCUT2D eigenvalue weighted by atomic mass is 16.2. The van der Waals surface area contributed by atoms with E-state index in [1.54, 1.807) is 0 Å². The minimum atomic E-state index is -0.00348. The standard InChI is InChI=1S/C19H24N2O/c1-3-4-5-6-11-19(22)21-20-15(2)17-13-12-16-9-7-8-10-18(16)14-17/h7-10,12-14H,3-6,11H2,1-2H3,(H,21,22). The van der Waals surface area contributed by atoms with Crippen LogP contribution in [0.2, 0.25) is 0 Å². The summed E-state index contributed by atoms with van der Waals surface area (Å²) in [6.07, 6.45) is 4.96. The quantitative estimate of drug-likeness (QED) is 0.451. The van der Waals surface area contributed by atoms with E-state index in [1.165, 1.54) is 23.6 Å². The number of hydrogen-bond donors (Lipinski definition) is 1. The van der Waals surface area contributed by atoms with E-state index in [1.807, 2.05) is 25.1 Å². The van der Waals surface area contributed by atoms with Gasteiger partial charge in [-0.3, -0.25) is 4.79 Å². The molecule has 0 bridgehead atoms. The number of hydrogen-bond acceptors (Lipinski definition) is 2. The maximum absolute atomic E-state index is 11.7. The molecule has 22 heavy (non-hydrogen) atoms. The van der Waals surface area contributed by atoms with Gasteiger partial charge in [0.25, 0.3) is 0 Å². The highest BCUT2D eigenvalue weighted by molar-refractivity contribution is 6.02. The molecule has 0 spiro atoms. The van der Waals surface area contributed by atoms with Crippen LogP contribution in [0.5, 0.6) is 0 Å². The van der Waals surface area contributed by atoms with E-state index >= 15 is 0 Å². The van der Waals surface area contributed by atoms with E-state index in [0.717, 1.165) is 24.1 Å². The number of carbonyl (C=O) groups excluding carboxylic acids is 1. The Morgan fingerprint density at radius 1 is 1.05 bits per heavy atom. The first-order valence-corrected chi connectivity index (χ1v) is 8.03. The van der Waals surface area contributed by atoms with Crippen LogP contribution < -0.4 is 5.43 Å². The lowest BCUT2D eigenvalue weighted by atomic mass is 10.0. The Hall–Kier alpha value is -2.16. The first kappa shape index (κ1) is 16.2. The van der Waals surface area contributed by atoms with Crippen molar-refractivity contribution in [2.24, 2.45) is 5.10 Å². The molecule has 1 amide bonds. The second-order valence-corrected chi connectivity index (χ2v) is 5.60. The molecule has 2 aromatic rings. The summed E-state index contributed by atoms with van der Waals surface area (Å²) in [5.41, 5.74) is 4.51. The van der Waals surface area contributed by atoms with E-state index in [9.17, 15) is 4.79 Å². The van der Waals surface area contributed by atoms with Gasteiger partial charge in [-0.1, -0.05) is 62.6 Å². The van der Waals surface area contributed by atoms with Crippen molar-refractivity contribution in [1.29, 1.82) is 0 Å². The Kier molecular flexibility index (Phi) is 6.13. The smallest absolute Gasteiger partial charge is 0.240 e. The molecule has 3 nitrogen and oxygen atoms in total. The molecule has 116 valence electrons. The van der Waals surface area contributed by atoms with E-state index in [0.29, 0.717) is 6.42 Å². The Morgan fingerprint density at radius 2 is 1.82 bits per heavy atom. The van der Waals surface area contributed by atoms with E-state index in [-0.39, 0.29) is 5.91 Å². The van der Waals surface area contributed by atoms with E-state index in [2.05, 4.69) is 41.7 Å². The van der Waals surface area contributed by atoms with Crippen LogP contribution in [0.25, 0.3) is 10.8 Å². The first-order valence-electron chi connectivity index (χ1n) is 8.03. The summed E-state index contributed by atoms with van der Waals surface area (Å²) in [6, 6.07) is 14.4. The molecular formula is C19H24N2O. The van der Waals surface area contributed by atoms with Crippen LogP contribution in [-0.2, 0) is 4.79 Å². The van der Waals surface area contributed by atoms with E-state index < -0.39 is 0 Å². The third-order valence-corrected chi connectivity index (χ3v) is 3.77. The lowest BCUT2D eigenvalue weighted by Gasteiger charge is -2.05. The van der Waals surface area contributed by atoms with Crippen molar-refractivity contribution < 1.29 is 4.79 Å². The Labute approximate surface area is 132 Å². The zero-order valence-corrected chi connectivity index (χ0v) is 13.4. The van der Waals surface area contributed by atoms with Gasteiger partial charge < -0.3 is 0 Å². The molecule has 3 heteroatoms. The number of rotatable bonds is 7. The normalized spacial score (nSPS) is 11.6. The summed E-state index contributed by atoms with van der Waals surface area (Å²) in [7, 11) is 0. The molecule has 1 N–H and O–H groups in total. The van der Waals surface area contributed by atoms with Gasteiger partial charge in [0.05, 0.1) is 5.71 Å². The Morgan fingerprint density at radius 3 is 2.59 bits per heavy atom. The molecule has 0 aromatic heterocycles. The van der Waals surface area contributed by atoms with Crippen molar-refractivity contribution >= 4 is 22.4 Å². The van der Waals surface area contributed by atoms with Gasteiger partial charge in [-0.05, 0) is 35.7 Å². The lowest BCUT2D eigenvalue weighted by Crippen LogP contribution is -2.18. The van der Waals surface area contributed by atoms with Crippen molar-refractivity contribution in [1.82, 2.24) is 5.43 Å². The second-order valence-electron chi connectivity index (χ2n) is 5.60. The Bertz CT molecular complexity index is 661. The third-order valence-electron chi connectivity index (χ3n) is 3.77. The SMILES string of the molecule is CCCCCCC(=O)NN=C(C)c1ccc2ccccc2c1. The molecule has 0 aliphatic carbocycles. The maximum atomic E-state index is 11.7. The Balaban J connectivity index is 1.94. The van der Waals surface area contributed by atoms with Crippen LogP contribution in [-0.4, -0.2) is 11.6 Å². The molecular weight excluding hydrogens is 272 g/mol. The van der Waals surface area contributed by atoms with Crippen LogP contribution in [0.15, 0.2) is 47.6 Å². The van der Waals surface area contributed by atoms with Crippen LogP contribution >= 0.6 is 0 Å². The fourth-order valence-electron chi connectivity index (χ4n) is 2.39. The fourth-order valence-corrected chi connectivity index (χ4v) is 2.39. The highest BCUT2D eigenvalue weighted by Crippen LogP contribution is 2.16. The van der Waals surface area contributed by atoms with E-state index in [4.69, 9.17) is 0 Å². The zero-order chi connectivity index (χ0) is 15.8. The molecule has 0 atom stereocenters. The van der Waals surface area contributed by atoms with Gasteiger partial charge in [-0.2, -0.15) is 5.10 Å². The number of carbonyl (C=O) groups is 1. The molecule has 0 fully saturated rings. The largest absolute Gasteiger partial charge is 0.273 e. The first-order chi connectivity index (χ1) is 10.7. The van der Waals surface area contributed by atoms with Gasteiger partial charge in [0, 0.05) is 6.42 Å². The molecule has 0 saturated heterocycles. The average molecular weight is 296 g/mol. The molecule has 2 rings (SSSR count). The minimum absolute atomic E-state index is 0.00348. The van der Waals surface area contributed by atoms with Crippen LogP contribution in [0, 0.1) is 0 Å². The topological polar surface area (TPSA) is 41.5 Å². The maximum Gasteiger partial charge on any atom is 0.240 e. The van der Waals surface area contributed by atoms with Gasteiger partial charge in [0.1, 0.15) is 0 Å².